The van der Waals surface area contributed by atoms with Crippen molar-refractivity contribution >= 4 is 55.9 Å². The number of nitrogens with one attached hydrogen (secondary N) is 1. The number of carbonyl (C=O) groups excluding carboxylic acids is 3. The number of Topliss-reactive ketones (excluding diaryl/α,β-unsaturated/α-hetero) is 1. The highest BCUT2D eigenvalue weighted by molar-refractivity contribution is 8.15. The molecule has 0 spiro atoms. The highest BCUT2D eigenvalue weighted by Crippen LogP contribution is 2.32. The van der Waals surface area contributed by atoms with Crippen molar-refractivity contribution in [2.24, 2.45) is 4.99 Å². The average molecular weight is 559 g/mol. The zero-order valence-corrected chi connectivity index (χ0v) is 22.9. The third kappa shape index (κ3) is 6.49. The smallest absolute Gasteiger partial charge is 0.243 e. The number of ketones is 1. The van der Waals surface area contributed by atoms with Gasteiger partial charge in [-0.2, -0.15) is 4.31 Å². The first-order chi connectivity index (χ1) is 18.2. The summed E-state index contributed by atoms with van der Waals surface area (Å²) in [7, 11) is -3.62. The van der Waals surface area contributed by atoms with Crippen LogP contribution in [0.25, 0.3) is 0 Å². The number of hydrogen-bond donors (Lipinski definition) is 1. The average Bonchev–Trinajstić information content (AvgIpc) is 3.18. The van der Waals surface area contributed by atoms with Gasteiger partial charge in [0, 0.05) is 37.3 Å². The second kappa shape index (κ2) is 12.2. The molecule has 38 heavy (non-hydrogen) atoms. The minimum atomic E-state index is -3.62. The van der Waals surface area contributed by atoms with E-state index in [2.05, 4.69) is 10.3 Å². The number of amides is 2. The summed E-state index contributed by atoms with van der Waals surface area (Å²) in [5, 5.41) is 2.62. The van der Waals surface area contributed by atoms with Crippen molar-refractivity contribution in [3.63, 3.8) is 0 Å². The van der Waals surface area contributed by atoms with E-state index < -0.39 is 15.3 Å². The SMILES string of the molecule is CCCN1C(=O)[C@H](CC(=O)Nc2ccc(C(C)=O)cc2)SC1=Nc1ccc(S(=O)(=O)N2CCOCC2)cc1. The Balaban J connectivity index is 1.45. The van der Waals surface area contributed by atoms with E-state index in [1.165, 1.54) is 35.1 Å². The molecule has 10 nitrogen and oxygen atoms in total. The third-order valence-electron chi connectivity index (χ3n) is 6.08. The Kier molecular flexibility index (Phi) is 8.98. The zero-order valence-electron chi connectivity index (χ0n) is 21.3. The number of amidine groups is 1. The van der Waals surface area contributed by atoms with Crippen LogP contribution < -0.4 is 5.32 Å². The molecule has 2 fully saturated rings. The van der Waals surface area contributed by atoms with E-state index in [4.69, 9.17) is 4.74 Å². The summed E-state index contributed by atoms with van der Waals surface area (Å²) >= 11 is 1.22. The molecule has 0 bridgehead atoms. The van der Waals surface area contributed by atoms with Crippen LogP contribution >= 0.6 is 11.8 Å². The second-order valence-electron chi connectivity index (χ2n) is 8.89. The van der Waals surface area contributed by atoms with Crippen molar-refractivity contribution in [1.29, 1.82) is 0 Å². The number of benzene rings is 2. The number of rotatable bonds is 9. The van der Waals surface area contributed by atoms with Crippen LogP contribution in [0.1, 0.15) is 37.0 Å². The maximum absolute atomic E-state index is 13.1. The minimum Gasteiger partial charge on any atom is -0.379 e. The number of thioether (sulfide) groups is 1. The fraction of sp³-hybridized carbons (Fsp3) is 0.385. The van der Waals surface area contributed by atoms with Gasteiger partial charge in [-0.3, -0.25) is 19.3 Å². The Bertz CT molecular complexity index is 1320. The molecule has 2 aliphatic heterocycles. The summed E-state index contributed by atoms with van der Waals surface area (Å²) in [6.45, 7) is 5.25. The predicted molar refractivity (Wildman–Crippen MR) is 146 cm³/mol. The summed E-state index contributed by atoms with van der Waals surface area (Å²) in [5.41, 5.74) is 1.60. The summed E-state index contributed by atoms with van der Waals surface area (Å²) in [6, 6.07) is 12.8. The number of aliphatic imine (C=N–C) groups is 1. The predicted octanol–water partition coefficient (Wildman–Crippen LogP) is 3.28. The second-order valence-corrected chi connectivity index (χ2v) is 12.0. The summed E-state index contributed by atoms with van der Waals surface area (Å²) < 4.78 is 32.4. The lowest BCUT2D eigenvalue weighted by atomic mass is 10.1. The van der Waals surface area contributed by atoms with Crippen molar-refractivity contribution in [3.05, 3.63) is 54.1 Å². The molecular formula is C26H30N4O6S2. The van der Waals surface area contributed by atoms with Crippen molar-refractivity contribution in [2.75, 3.05) is 38.2 Å². The van der Waals surface area contributed by atoms with Gasteiger partial charge in [0.25, 0.3) is 0 Å². The van der Waals surface area contributed by atoms with Gasteiger partial charge in [0.2, 0.25) is 21.8 Å². The van der Waals surface area contributed by atoms with Crippen LogP contribution in [0.3, 0.4) is 0 Å². The Morgan fingerprint density at radius 1 is 1.08 bits per heavy atom. The molecule has 0 aromatic heterocycles. The van der Waals surface area contributed by atoms with E-state index >= 15 is 0 Å². The molecule has 2 aromatic carbocycles. The van der Waals surface area contributed by atoms with Crippen LogP contribution in [0.2, 0.25) is 0 Å². The minimum absolute atomic E-state index is 0.0338. The number of anilines is 1. The number of morpholine rings is 1. The number of sulfonamides is 1. The van der Waals surface area contributed by atoms with Gasteiger partial charge in [-0.15, -0.1) is 0 Å². The molecule has 0 saturated carbocycles. The number of carbonyl (C=O) groups is 3. The van der Waals surface area contributed by atoms with Gasteiger partial charge in [-0.1, -0.05) is 18.7 Å². The lowest BCUT2D eigenvalue weighted by Gasteiger charge is -2.26. The standard InChI is InChI=1S/C26H30N4O6S2/c1-3-12-30-25(33)23(17-24(32)27-20-6-4-19(5-7-20)18(2)31)37-26(30)28-21-8-10-22(11-9-21)38(34,35)29-13-15-36-16-14-29/h4-11,23H,3,12-17H2,1-2H3,(H,27,32)/t23-/m0/s1. The molecule has 0 aliphatic carbocycles. The molecule has 12 heteroatoms. The molecule has 2 aromatic rings. The highest BCUT2D eigenvalue weighted by Gasteiger charge is 2.38. The molecule has 4 rings (SSSR count). The number of hydrogen-bond acceptors (Lipinski definition) is 8. The molecule has 1 N–H and O–H groups in total. The van der Waals surface area contributed by atoms with Gasteiger partial charge in [-0.05, 0) is 61.9 Å². The first-order valence-corrected chi connectivity index (χ1v) is 14.7. The van der Waals surface area contributed by atoms with E-state index in [0.717, 1.165) is 0 Å². The van der Waals surface area contributed by atoms with Crippen LogP contribution in [0, 0.1) is 0 Å². The maximum Gasteiger partial charge on any atom is 0.243 e. The van der Waals surface area contributed by atoms with Gasteiger partial charge in [0.15, 0.2) is 11.0 Å². The highest BCUT2D eigenvalue weighted by atomic mass is 32.2. The molecule has 2 aliphatic rings. The van der Waals surface area contributed by atoms with Gasteiger partial charge in [0.05, 0.1) is 23.8 Å². The van der Waals surface area contributed by atoms with Crippen LogP contribution in [0.5, 0.6) is 0 Å². The van der Waals surface area contributed by atoms with Gasteiger partial charge < -0.3 is 10.1 Å². The maximum atomic E-state index is 13.1. The number of nitrogens with zero attached hydrogens (tertiary/aromatic N) is 3. The first kappa shape index (κ1) is 28.0. The molecule has 202 valence electrons. The molecule has 2 amide bonds. The normalized spacial score (nSPS) is 19.6. The van der Waals surface area contributed by atoms with Gasteiger partial charge >= 0.3 is 0 Å². The fourth-order valence-electron chi connectivity index (χ4n) is 4.06. The third-order valence-corrected chi connectivity index (χ3v) is 9.17. The lowest BCUT2D eigenvalue weighted by molar-refractivity contribution is -0.128. The van der Waals surface area contributed by atoms with Crippen LogP contribution in [-0.2, 0) is 24.3 Å². The number of ether oxygens (including phenoxy) is 1. The van der Waals surface area contributed by atoms with Crippen LogP contribution in [0.4, 0.5) is 11.4 Å². The summed E-state index contributed by atoms with van der Waals surface area (Å²) in [5.74, 6) is -0.571. The van der Waals surface area contributed by atoms with Crippen LogP contribution in [-0.4, -0.2) is 78.5 Å². The van der Waals surface area contributed by atoms with Crippen molar-refractivity contribution in [2.45, 2.75) is 36.8 Å². The van der Waals surface area contributed by atoms with Gasteiger partial charge in [-0.25, -0.2) is 13.4 Å². The lowest BCUT2D eigenvalue weighted by Crippen LogP contribution is -2.40. The van der Waals surface area contributed by atoms with Crippen LogP contribution in [0.15, 0.2) is 58.4 Å². The quantitative estimate of drug-likeness (QED) is 0.468. The molecule has 0 unspecified atom stereocenters. The molecule has 2 saturated heterocycles. The molecular weight excluding hydrogens is 528 g/mol. The first-order valence-electron chi connectivity index (χ1n) is 12.3. The van der Waals surface area contributed by atoms with E-state index in [9.17, 15) is 22.8 Å². The zero-order chi connectivity index (χ0) is 27.3. The Morgan fingerprint density at radius 3 is 2.34 bits per heavy atom. The summed E-state index contributed by atoms with van der Waals surface area (Å²) in [6.07, 6.45) is 0.678. The van der Waals surface area contributed by atoms with E-state index in [1.807, 2.05) is 6.92 Å². The fourth-order valence-corrected chi connectivity index (χ4v) is 6.65. The Morgan fingerprint density at radius 2 is 1.74 bits per heavy atom. The largest absolute Gasteiger partial charge is 0.379 e. The van der Waals surface area contributed by atoms with Crippen molar-refractivity contribution in [1.82, 2.24) is 9.21 Å². The Labute approximate surface area is 226 Å². The topological polar surface area (TPSA) is 125 Å². The van der Waals surface area contributed by atoms with E-state index in [0.29, 0.717) is 61.4 Å². The summed E-state index contributed by atoms with van der Waals surface area (Å²) in [4.78, 5) is 43.5. The van der Waals surface area contributed by atoms with Crippen molar-refractivity contribution < 1.29 is 27.5 Å². The van der Waals surface area contributed by atoms with Crippen molar-refractivity contribution in [3.8, 4) is 0 Å². The monoisotopic (exact) mass is 558 g/mol. The Hall–Kier alpha value is -3.06. The molecule has 1 atom stereocenters. The van der Waals surface area contributed by atoms with E-state index in [1.54, 1.807) is 41.3 Å². The van der Waals surface area contributed by atoms with E-state index in [-0.39, 0.29) is 28.9 Å². The van der Waals surface area contributed by atoms with Gasteiger partial charge in [0.1, 0.15) is 5.25 Å². The molecule has 0 radical (unpaired) electrons. The molecule has 2 heterocycles.